The molecule has 2 heterocycles. The molecular weight excluding hydrogens is 973 g/mol. The fourth-order valence-corrected chi connectivity index (χ4v) is 7.65. The quantitative estimate of drug-likeness (QED) is 0.0366. The van der Waals surface area contributed by atoms with Gasteiger partial charge in [-0.05, 0) is 50.5 Å². The standard InChI is InChI=1S/C47H70N12O15/c1-23(2)36(44(70)52-26(6)39(65)55-32(20-60)42(68)57-37(24(3)4)45(71)53-30(47(73)74)14-15-35(62)63)58-43(69)34-13-10-16-59(34)46(72)33(21-61)56-41(67)31(17-27-11-8-7-9-12-27)54-38(64)25(5)51-40(66)29(48)18-28-19-49-22-50-28/h7-9,11-12,19,22-26,29-34,36-37,60-61H,10,13-18,20-21,48H2,1-6H3,(H,49,50)(H,51,66)(H,52,70)(H,53,71)(H,54,64)(H,55,65)(H,56,67)(H,57,68)(H,58,69)(H,62,63)(H,73,74)/t25-,26-,29-,30-,31-,32-,33-,34-,36-,37-/m0/s1. The lowest BCUT2D eigenvalue weighted by Gasteiger charge is -2.31. The SMILES string of the molecule is CC(C)[C@H](NC(=O)[C@H](CO)NC(=O)[C@H](C)NC(=O)[C@@H](NC(=O)[C@@H]1CCCN1C(=O)[C@H](CO)NC(=O)[C@H](Cc1ccccc1)NC(=O)[C@H](C)NC(=O)[C@@H](N)Cc1cnc[nH]1)C(C)C)C(=O)N[C@@H](CCC(=O)O)C(=O)O. The highest BCUT2D eigenvalue weighted by Crippen LogP contribution is 2.20. The highest BCUT2D eigenvalue weighted by atomic mass is 16.4. The first-order chi connectivity index (χ1) is 34.9. The van der Waals surface area contributed by atoms with E-state index in [2.05, 4.69) is 52.5 Å². The molecule has 74 heavy (non-hydrogen) atoms. The third-order valence-electron chi connectivity index (χ3n) is 12.0. The van der Waals surface area contributed by atoms with Gasteiger partial charge in [0.05, 0.1) is 25.6 Å². The Balaban J connectivity index is 1.66. The minimum absolute atomic E-state index is 0.0285. The number of hydrogen-bond donors (Lipinski definition) is 14. The molecule has 10 atom stereocenters. The summed E-state index contributed by atoms with van der Waals surface area (Å²) in [4.78, 5) is 151. The molecule has 15 N–H and O–H groups in total. The van der Waals surface area contributed by atoms with Gasteiger partial charge < -0.3 is 78.6 Å². The van der Waals surface area contributed by atoms with Gasteiger partial charge in [0.25, 0.3) is 0 Å². The van der Waals surface area contributed by atoms with Crippen LogP contribution in [0.2, 0.25) is 0 Å². The minimum Gasteiger partial charge on any atom is -0.481 e. The Morgan fingerprint density at radius 3 is 1.72 bits per heavy atom. The predicted octanol–water partition coefficient (Wildman–Crippen LogP) is -4.32. The van der Waals surface area contributed by atoms with E-state index in [1.54, 1.807) is 44.2 Å². The number of hydrogen-bond acceptors (Lipinski definition) is 15. The number of aliphatic carboxylic acids is 2. The highest BCUT2D eigenvalue weighted by molar-refractivity contribution is 5.98. The number of aromatic nitrogens is 2. The molecule has 9 amide bonds. The zero-order valence-corrected chi connectivity index (χ0v) is 42.1. The zero-order chi connectivity index (χ0) is 55.4. The molecule has 1 saturated heterocycles. The van der Waals surface area contributed by atoms with Crippen LogP contribution in [0.15, 0.2) is 42.9 Å². The van der Waals surface area contributed by atoms with E-state index < -0.39 is 163 Å². The van der Waals surface area contributed by atoms with Crippen LogP contribution in [0.5, 0.6) is 0 Å². The van der Waals surface area contributed by atoms with Gasteiger partial charge >= 0.3 is 11.9 Å². The number of nitrogens with one attached hydrogen (secondary N) is 9. The van der Waals surface area contributed by atoms with Gasteiger partial charge in [-0.25, -0.2) is 9.78 Å². The molecule has 2 aromatic rings. The number of aromatic amines is 1. The van der Waals surface area contributed by atoms with Crippen molar-refractivity contribution in [3.05, 3.63) is 54.1 Å². The van der Waals surface area contributed by atoms with Gasteiger partial charge in [0.1, 0.15) is 54.4 Å². The number of carbonyl (C=O) groups is 11. The van der Waals surface area contributed by atoms with Crippen LogP contribution in [-0.4, -0.2) is 181 Å². The largest absolute Gasteiger partial charge is 0.481 e. The number of nitrogens with two attached hydrogens (primary N) is 1. The number of H-pyrrole nitrogens is 1. The lowest BCUT2D eigenvalue weighted by molar-refractivity contribution is -0.144. The summed E-state index contributed by atoms with van der Waals surface area (Å²) in [6.45, 7) is 7.02. The summed E-state index contributed by atoms with van der Waals surface area (Å²) in [7, 11) is 0. The summed E-state index contributed by atoms with van der Waals surface area (Å²) >= 11 is 0. The van der Waals surface area contributed by atoms with Crippen LogP contribution in [0, 0.1) is 11.8 Å². The van der Waals surface area contributed by atoms with Crippen molar-refractivity contribution in [2.75, 3.05) is 19.8 Å². The average molecular weight is 1040 g/mol. The molecule has 0 radical (unpaired) electrons. The monoisotopic (exact) mass is 1040 g/mol. The van der Waals surface area contributed by atoms with Crippen molar-refractivity contribution in [3.8, 4) is 0 Å². The first kappa shape index (κ1) is 60.8. The van der Waals surface area contributed by atoms with Crippen LogP contribution in [-0.2, 0) is 65.6 Å². The first-order valence-electron chi connectivity index (χ1n) is 24.0. The number of aliphatic hydroxyl groups excluding tert-OH is 2. The molecule has 0 spiro atoms. The topological polar surface area (TPSA) is 423 Å². The second-order valence-electron chi connectivity index (χ2n) is 18.6. The van der Waals surface area contributed by atoms with E-state index in [0.717, 1.165) is 4.90 Å². The van der Waals surface area contributed by atoms with E-state index in [0.29, 0.717) is 17.7 Å². The molecule has 408 valence electrons. The van der Waals surface area contributed by atoms with Crippen molar-refractivity contribution in [2.45, 2.75) is 140 Å². The summed E-state index contributed by atoms with van der Waals surface area (Å²) < 4.78 is 0. The lowest BCUT2D eigenvalue weighted by atomic mass is 10.0. The number of aliphatic hydroxyl groups is 2. The number of carboxylic acid groups (broad SMARTS) is 2. The molecule has 0 aliphatic carbocycles. The van der Waals surface area contributed by atoms with Crippen LogP contribution < -0.4 is 48.3 Å². The van der Waals surface area contributed by atoms with Crippen LogP contribution in [0.25, 0.3) is 0 Å². The number of likely N-dealkylation sites (tertiary alicyclic amines) is 1. The third kappa shape index (κ3) is 18.5. The number of rotatable bonds is 29. The number of nitrogens with zero attached hydrogens (tertiary/aromatic N) is 2. The second-order valence-corrected chi connectivity index (χ2v) is 18.6. The Morgan fingerprint density at radius 1 is 0.649 bits per heavy atom. The Labute approximate surface area is 426 Å². The van der Waals surface area contributed by atoms with Crippen molar-refractivity contribution in [2.24, 2.45) is 17.6 Å². The average Bonchev–Trinajstić information content (AvgIpc) is 4.07. The second kappa shape index (κ2) is 29.2. The Morgan fingerprint density at radius 2 is 1.18 bits per heavy atom. The molecular formula is C47H70N12O15. The van der Waals surface area contributed by atoms with Gasteiger partial charge in [-0.2, -0.15) is 0 Å². The summed E-state index contributed by atoms with van der Waals surface area (Å²) in [6.07, 6.45) is 2.42. The van der Waals surface area contributed by atoms with Crippen molar-refractivity contribution < 1.29 is 73.2 Å². The molecule has 0 unspecified atom stereocenters. The van der Waals surface area contributed by atoms with Gasteiger partial charge in [-0.15, -0.1) is 0 Å². The van der Waals surface area contributed by atoms with E-state index >= 15 is 0 Å². The summed E-state index contributed by atoms with van der Waals surface area (Å²) in [5.41, 5.74) is 7.24. The molecule has 1 aliphatic heterocycles. The van der Waals surface area contributed by atoms with E-state index in [-0.39, 0.29) is 25.8 Å². The fraction of sp³-hybridized carbons (Fsp3) is 0.574. The van der Waals surface area contributed by atoms with Crippen molar-refractivity contribution in [1.29, 1.82) is 0 Å². The Kier molecular flexibility index (Phi) is 24.0. The summed E-state index contributed by atoms with van der Waals surface area (Å²) in [5.74, 6) is -11.8. The molecule has 0 bridgehead atoms. The zero-order valence-electron chi connectivity index (χ0n) is 42.1. The van der Waals surface area contributed by atoms with Crippen LogP contribution in [0.1, 0.15) is 78.5 Å². The maximum absolute atomic E-state index is 14.0. The van der Waals surface area contributed by atoms with Gasteiger partial charge in [-0.3, -0.25) is 47.9 Å². The van der Waals surface area contributed by atoms with Gasteiger partial charge in [0, 0.05) is 37.7 Å². The maximum Gasteiger partial charge on any atom is 0.326 e. The summed E-state index contributed by atoms with van der Waals surface area (Å²) in [6, 6.07) is -5.02. The van der Waals surface area contributed by atoms with Crippen molar-refractivity contribution in [3.63, 3.8) is 0 Å². The van der Waals surface area contributed by atoms with Crippen LogP contribution in [0.3, 0.4) is 0 Å². The number of carboxylic acids is 2. The van der Waals surface area contributed by atoms with E-state index in [1.807, 2.05) is 0 Å². The molecule has 0 saturated carbocycles. The smallest absolute Gasteiger partial charge is 0.326 e. The predicted molar refractivity (Wildman–Crippen MR) is 260 cm³/mol. The molecule has 1 aliphatic rings. The molecule has 1 aromatic heterocycles. The molecule has 1 aromatic carbocycles. The first-order valence-corrected chi connectivity index (χ1v) is 24.0. The van der Waals surface area contributed by atoms with Gasteiger partial charge in [-0.1, -0.05) is 58.0 Å². The fourth-order valence-electron chi connectivity index (χ4n) is 7.65. The number of amides is 9. The molecule has 3 rings (SSSR count). The summed E-state index contributed by atoms with van der Waals surface area (Å²) in [5, 5.41) is 58.3. The third-order valence-corrected chi connectivity index (χ3v) is 12.0. The number of carbonyl (C=O) groups excluding carboxylic acids is 9. The molecule has 27 heteroatoms. The highest BCUT2D eigenvalue weighted by Gasteiger charge is 2.41. The maximum atomic E-state index is 14.0. The van der Waals surface area contributed by atoms with Crippen molar-refractivity contribution >= 4 is 65.1 Å². The minimum atomic E-state index is -1.67. The van der Waals surface area contributed by atoms with E-state index in [1.165, 1.54) is 40.2 Å². The van der Waals surface area contributed by atoms with Crippen LogP contribution in [0.4, 0.5) is 0 Å². The molecule has 1 fully saturated rings. The van der Waals surface area contributed by atoms with E-state index in [4.69, 9.17) is 10.8 Å². The van der Waals surface area contributed by atoms with Gasteiger partial charge in [0.2, 0.25) is 53.2 Å². The van der Waals surface area contributed by atoms with Gasteiger partial charge in [0.15, 0.2) is 0 Å². The lowest BCUT2D eigenvalue weighted by Crippen LogP contribution is -2.61. The Bertz CT molecular complexity index is 2280. The van der Waals surface area contributed by atoms with Crippen LogP contribution >= 0.6 is 0 Å². The van der Waals surface area contributed by atoms with E-state index in [9.17, 15) is 68.1 Å². The number of benzene rings is 1. The molecule has 27 nitrogen and oxygen atoms in total. The number of imidazole rings is 1. The Hall–Kier alpha value is -7.52. The van der Waals surface area contributed by atoms with Crippen molar-refractivity contribution in [1.82, 2.24) is 57.4 Å². The normalized spacial score (nSPS) is 16.9.